The molecule has 0 amide bonds. The Hall–Kier alpha value is -1.88. The summed E-state index contributed by atoms with van der Waals surface area (Å²) in [5.41, 5.74) is 4.61. The molecule has 0 aliphatic heterocycles. The van der Waals surface area contributed by atoms with Crippen LogP contribution in [0.5, 0.6) is 0 Å². The van der Waals surface area contributed by atoms with Gasteiger partial charge < -0.3 is 5.32 Å². The highest BCUT2D eigenvalue weighted by atomic mass is 15.0. The minimum absolute atomic E-state index is 0.615. The van der Waals surface area contributed by atoms with Crippen molar-refractivity contribution < 1.29 is 0 Å². The standard InChI is InChI=1S/C16H21N5/c1-10-7-18-15(19-8-10)16-20-11(2)13-6-12(9-17-3)4-5-14(13)21-16/h7-8,12,17H,4-6,9H2,1-3H3. The number of nitrogens with zero attached hydrogens (tertiary/aromatic N) is 4. The largest absolute Gasteiger partial charge is 0.319 e. The molecule has 0 radical (unpaired) electrons. The van der Waals surface area contributed by atoms with Crippen LogP contribution in [0.25, 0.3) is 11.6 Å². The van der Waals surface area contributed by atoms with Gasteiger partial charge in [0.1, 0.15) is 0 Å². The zero-order valence-electron chi connectivity index (χ0n) is 12.8. The van der Waals surface area contributed by atoms with E-state index in [1.807, 2.05) is 26.4 Å². The first-order valence-electron chi connectivity index (χ1n) is 7.47. The van der Waals surface area contributed by atoms with Gasteiger partial charge in [0.25, 0.3) is 0 Å². The van der Waals surface area contributed by atoms with Gasteiger partial charge in [-0.05, 0) is 63.7 Å². The highest BCUT2D eigenvalue weighted by molar-refractivity contribution is 5.45. The Labute approximate surface area is 125 Å². The molecule has 0 bridgehead atoms. The first-order chi connectivity index (χ1) is 10.2. The molecule has 1 N–H and O–H groups in total. The van der Waals surface area contributed by atoms with E-state index in [2.05, 4.69) is 27.2 Å². The average Bonchev–Trinajstić information content (AvgIpc) is 2.49. The summed E-state index contributed by atoms with van der Waals surface area (Å²) in [5.74, 6) is 1.95. The third-order valence-electron chi connectivity index (χ3n) is 4.06. The van der Waals surface area contributed by atoms with Gasteiger partial charge >= 0.3 is 0 Å². The van der Waals surface area contributed by atoms with Crippen LogP contribution in [0.3, 0.4) is 0 Å². The minimum atomic E-state index is 0.615. The topological polar surface area (TPSA) is 63.6 Å². The van der Waals surface area contributed by atoms with Crippen molar-refractivity contribution in [3.63, 3.8) is 0 Å². The molecule has 1 unspecified atom stereocenters. The number of aryl methyl sites for hydroxylation is 3. The summed E-state index contributed by atoms with van der Waals surface area (Å²) in [4.78, 5) is 18.0. The SMILES string of the molecule is CNCC1CCc2nc(-c3ncc(C)cn3)nc(C)c2C1. The molecule has 5 nitrogen and oxygen atoms in total. The fraction of sp³-hybridized carbons (Fsp3) is 0.500. The Morgan fingerprint density at radius 1 is 1.14 bits per heavy atom. The highest BCUT2D eigenvalue weighted by Gasteiger charge is 2.23. The van der Waals surface area contributed by atoms with Gasteiger partial charge in [0.05, 0.1) is 0 Å². The van der Waals surface area contributed by atoms with Crippen molar-refractivity contribution in [1.82, 2.24) is 25.3 Å². The van der Waals surface area contributed by atoms with Crippen molar-refractivity contribution in [3.05, 3.63) is 34.9 Å². The maximum absolute atomic E-state index is 4.71. The van der Waals surface area contributed by atoms with Crippen LogP contribution in [0.4, 0.5) is 0 Å². The Kier molecular flexibility index (Phi) is 3.92. The maximum Gasteiger partial charge on any atom is 0.198 e. The van der Waals surface area contributed by atoms with E-state index in [4.69, 9.17) is 4.98 Å². The first kappa shape index (κ1) is 14.1. The van der Waals surface area contributed by atoms with Crippen LogP contribution in [0, 0.1) is 19.8 Å². The number of fused-ring (bicyclic) bond motifs is 1. The molecule has 3 rings (SSSR count). The molecule has 0 saturated carbocycles. The third-order valence-corrected chi connectivity index (χ3v) is 4.06. The van der Waals surface area contributed by atoms with E-state index in [1.54, 1.807) is 0 Å². The zero-order chi connectivity index (χ0) is 14.8. The van der Waals surface area contributed by atoms with E-state index < -0.39 is 0 Å². The van der Waals surface area contributed by atoms with E-state index in [0.717, 1.165) is 30.6 Å². The summed E-state index contributed by atoms with van der Waals surface area (Å²) in [6, 6.07) is 0. The predicted octanol–water partition coefficient (Wildman–Crippen LogP) is 1.87. The van der Waals surface area contributed by atoms with Crippen molar-refractivity contribution in [2.45, 2.75) is 33.1 Å². The molecule has 2 aromatic rings. The predicted molar refractivity (Wildman–Crippen MR) is 82.0 cm³/mol. The summed E-state index contributed by atoms with van der Waals surface area (Å²) in [5, 5.41) is 3.27. The van der Waals surface area contributed by atoms with Crippen molar-refractivity contribution in [2.24, 2.45) is 5.92 Å². The number of nitrogens with one attached hydrogen (secondary N) is 1. The number of hydrogen-bond donors (Lipinski definition) is 1. The Bertz CT molecular complexity index is 636. The second-order valence-electron chi connectivity index (χ2n) is 5.81. The van der Waals surface area contributed by atoms with E-state index >= 15 is 0 Å². The Balaban J connectivity index is 1.93. The van der Waals surface area contributed by atoms with Gasteiger partial charge in [-0.25, -0.2) is 19.9 Å². The van der Waals surface area contributed by atoms with Crippen LogP contribution >= 0.6 is 0 Å². The maximum atomic E-state index is 4.71. The van der Waals surface area contributed by atoms with Crippen LogP contribution in [-0.4, -0.2) is 33.5 Å². The first-order valence-corrected chi connectivity index (χ1v) is 7.47. The molecule has 5 heteroatoms. The number of hydrogen-bond acceptors (Lipinski definition) is 5. The van der Waals surface area contributed by atoms with E-state index in [9.17, 15) is 0 Å². The van der Waals surface area contributed by atoms with Gasteiger partial charge in [0.15, 0.2) is 11.6 Å². The molecule has 0 fully saturated rings. The average molecular weight is 283 g/mol. The molecule has 2 heterocycles. The third kappa shape index (κ3) is 2.93. The summed E-state index contributed by atoms with van der Waals surface area (Å²) in [7, 11) is 2.01. The quantitative estimate of drug-likeness (QED) is 0.931. The van der Waals surface area contributed by atoms with Crippen LogP contribution in [0.15, 0.2) is 12.4 Å². The minimum Gasteiger partial charge on any atom is -0.319 e. The lowest BCUT2D eigenvalue weighted by Crippen LogP contribution is -2.26. The van der Waals surface area contributed by atoms with Gasteiger partial charge in [-0.1, -0.05) is 0 Å². The second kappa shape index (κ2) is 5.85. The fourth-order valence-corrected chi connectivity index (χ4v) is 2.93. The molecule has 110 valence electrons. The molecule has 1 atom stereocenters. The second-order valence-corrected chi connectivity index (χ2v) is 5.81. The van der Waals surface area contributed by atoms with Crippen molar-refractivity contribution in [1.29, 1.82) is 0 Å². The van der Waals surface area contributed by atoms with Crippen molar-refractivity contribution >= 4 is 0 Å². The fourth-order valence-electron chi connectivity index (χ4n) is 2.93. The molecular formula is C16H21N5. The van der Waals surface area contributed by atoms with Crippen molar-refractivity contribution in [3.8, 4) is 11.6 Å². The highest BCUT2D eigenvalue weighted by Crippen LogP contribution is 2.27. The zero-order valence-corrected chi connectivity index (χ0v) is 12.8. The Morgan fingerprint density at radius 3 is 2.62 bits per heavy atom. The molecule has 21 heavy (non-hydrogen) atoms. The molecule has 1 aliphatic rings. The normalized spacial score (nSPS) is 17.6. The molecule has 2 aromatic heterocycles. The van der Waals surface area contributed by atoms with E-state index in [-0.39, 0.29) is 0 Å². The molecule has 0 saturated heterocycles. The van der Waals surface area contributed by atoms with E-state index in [1.165, 1.54) is 17.7 Å². The van der Waals surface area contributed by atoms with Gasteiger partial charge in [0.2, 0.25) is 0 Å². The molecule has 0 aromatic carbocycles. The van der Waals surface area contributed by atoms with Gasteiger partial charge in [-0.2, -0.15) is 0 Å². The molecule has 0 spiro atoms. The summed E-state index contributed by atoms with van der Waals surface area (Å²) in [6.45, 7) is 5.10. The molecule has 1 aliphatic carbocycles. The summed E-state index contributed by atoms with van der Waals surface area (Å²) < 4.78 is 0. The summed E-state index contributed by atoms with van der Waals surface area (Å²) >= 11 is 0. The lowest BCUT2D eigenvalue weighted by molar-refractivity contribution is 0.433. The van der Waals surface area contributed by atoms with Crippen LogP contribution < -0.4 is 5.32 Å². The smallest absolute Gasteiger partial charge is 0.198 e. The van der Waals surface area contributed by atoms with Crippen molar-refractivity contribution in [2.75, 3.05) is 13.6 Å². The van der Waals surface area contributed by atoms with E-state index in [0.29, 0.717) is 17.6 Å². The number of rotatable bonds is 3. The van der Waals surface area contributed by atoms with Gasteiger partial charge in [0, 0.05) is 23.8 Å². The van der Waals surface area contributed by atoms with Gasteiger partial charge in [-0.15, -0.1) is 0 Å². The Morgan fingerprint density at radius 2 is 1.90 bits per heavy atom. The lowest BCUT2D eigenvalue weighted by Gasteiger charge is -2.25. The monoisotopic (exact) mass is 283 g/mol. The van der Waals surface area contributed by atoms with Gasteiger partial charge in [-0.3, -0.25) is 0 Å². The van der Waals surface area contributed by atoms with Crippen LogP contribution in [0.2, 0.25) is 0 Å². The lowest BCUT2D eigenvalue weighted by atomic mass is 9.86. The van der Waals surface area contributed by atoms with Crippen LogP contribution in [-0.2, 0) is 12.8 Å². The van der Waals surface area contributed by atoms with Crippen LogP contribution in [0.1, 0.15) is 28.9 Å². The number of aromatic nitrogens is 4. The summed E-state index contributed by atoms with van der Waals surface area (Å²) in [6.07, 6.45) is 6.88. The molecular weight excluding hydrogens is 262 g/mol.